The zero-order chi connectivity index (χ0) is 81.6. The number of alkyl halides is 3. The lowest BCUT2D eigenvalue weighted by Gasteiger charge is -2.11. The summed E-state index contributed by atoms with van der Waals surface area (Å²) in [6.07, 6.45) is -3.75. The topological polar surface area (TPSA) is 308 Å². The van der Waals surface area contributed by atoms with Crippen LogP contribution in [0.5, 0.6) is 28.7 Å². The highest BCUT2D eigenvalue weighted by Gasteiger charge is 2.32. The van der Waals surface area contributed by atoms with Gasteiger partial charge >= 0.3 is 6.18 Å². The molecule has 0 aliphatic rings. The number of aromatic nitrogens is 5. The molecule has 0 aliphatic heterocycles. The monoisotopic (exact) mass is 1520 g/mol. The van der Waals surface area contributed by atoms with E-state index in [1.54, 1.807) is 65.4 Å². The first-order valence-corrected chi connectivity index (χ1v) is 35.1. The van der Waals surface area contributed by atoms with Crippen molar-refractivity contribution in [3.8, 4) is 94.6 Å². The number of non-ortho nitro benzene ring substituents is 1. The number of aryl methyl sites for hydroxylation is 3. The Morgan fingerprint density at radius 3 is 1.40 bits per heavy atom. The van der Waals surface area contributed by atoms with Gasteiger partial charge in [0.1, 0.15) is 98.9 Å². The molecule has 25 heteroatoms. The van der Waals surface area contributed by atoms with E-state index in [0.29, 0.717) is 110 Å². The third-order valence-electron chi connectivity index (χ3n) is 18.0. The molecule has 0 fully saturated rings. The molecule has 14 rings (SSSR count). The molecule has 566 valence electrons. The van der Waals surface area contributed by atoms with Gasteiger partial charge in [-0.25, -0.2) is 0 Å². The number of nitrogens with one attached hydrogen (secondary N) is 5. The number of anilines is 4. The lowest BCUT2D eigenvalue weighted by Crippen LogP contribution is -2.05. The zero-order valence-corrected chi connectivity index (χ0v) is 63.1. The van der Waals surface area contributed by atoms with Crippen LogP contribution >= 0.6 is 0 Å². The third-order valence-corrected chi connectivity index (χ3v) is 18.0. The predicted octanol–water partition coefficient (Wildman–Crippen LogP) is 18.2. The van der Waals surface area contributed by atoms with Gasteiger partial charge in [0.05, 0.1) is 90.3 Å². The highest BCUT2D eigenvalue weighted by atomic mass is 19.4. The minimum Gasteiger partial charge on any atom is -0.497 e. The Morgan fingerprint density at radius 2 is 0.886 bits per heavy atom. The molecule has 0 radical (unpaired) electrons. The van der Waals surface area contributed by atoms with Crippen LogP contribution in [0.2, 0.25) is 0 Å². The lowest BCUT2D eigenvalue weighted by atomic mass is 10.1. The number of nitrogens with zero attached hydrogens (tertiary/aromatic N) is 9. The number of H-pyrrole nitrogens is 2. The minimum absolute atomic E-state index is 0.000173. The summed E-state index contributed by atoms with van der Waals surface area (Å²) in [4.78, 5) is 27.5. The smallest absolute Gasteiger partial charge is 0.416 e. The molecule has 5 N–H and O–H groups in total. The number of halogens is 3. The number of hydrogen-bond acceptors (Lipinski definition) is 15. The highest BCUT2D eigenvalue weighted by Crippen LogP contribution is 2.38. The zero-order valence-electron chi connectivity index (χ0n) is 63.1. The molecule has 114 heavy (non-hydrogen) atoms. The molecule has 1 amide bonds. The van der Waals surface area contributed by atoms with Gasteiger partial charge in [0.15, 0.2) is 0 Å². The second-order valence-electron chi connectivity index (χ2n) is 24.4. The van der Waals surface area contributed by atoms with E-state index in [2.05, 4.69) is 85.7 Å². The molecule has 9 aromatic carbocycles. The molecule has 0 aliphatic carbocycles. The maximum absolute atomic E-state index is 12.7. The summed E-state index contributed by atoms with van der Waals surface area (Å²) in [7, 11) is 9.70. The Kier molecular flexibility index (Phi) is 26.3. The summed E-state index contributed by atoms with van der Waals surface area (Å²) in [6.45, 7) is 7.51. The van der Waals surface area contributed by atoms with E-state index < -0.39 is 16.7 Å². The van der Waals surface area contributed by atoms with E-state index in [1.807, 2.05) is 182 Å². The number of nitriles is 5. The van der Waals surface area contributed by atoms with Crippen LogP contribution in [0.1, 0.15) is 87.9 Å². The molecule has 5 heterocycles. The largest absolute Gasteiger partial charge is 0.497 e. The summed E-state index contributed by atoms with van der Waals surface area (Å²) >= 11 is 0. The van der Waals surface area contributed by atoms with Crippen molar-refractivity contribution in [2.75, 3.05) is 58.5 Å². The molecule has 0 spiro atoms. The van der Waals surface area contributed by atoms with Gasteiger partial charge in [-0.2, -0.15) is 39.5 Å². The van der Waals surface area contributed by atoms with Crippen molar-refractivity contribution < 1.29 is 46.6 Å². The first kappa shape index (κ1) is 80.6. The first-order chi connectivity index (χ1) is 55.3. The second kappa shape index (κ2) is 37.3. The van der Waals surface area contributed by atoms with E-state index >= 15 is 0 Å². The van der Waals surface area contributed by atoms with Crippen molar-refractivity contribution >= 4 is 89.6 Å². The number of benzene rings is 9. The number of fused-ring (bicyclic) bond motifs is 5. The number of aromatic amines is 2. The quantitative estimate of drug-likeness (QED) is 0.0292. The van der Waals surface area contributed by atoms with E-state index in [9.17, 15) is 49.1 Å². The molecular weight excluding hydrogens is 1450 g/mol. The standard InChI is InChI=1S/C21H17N3O2.C19H14N2O2.C18H16N4O3.C18H12N2O.C13H12F3N3/c1-3-24-20(11-6-15-4-7-16(8-5-15)23-14-25)19(13-22)18-10-9-17(26-2)12-21(18)24;1-22-14-5-3-4-13(10-14)6-9-18-17(12-20)16-8-7-15(23-2)11-19(16)21-18;1-3-21-17-10-13(22(23)24)6-9-15(17)16(11-19)18(21)20-12-4-7-14(25-2)8-5-12;1-21-14-8-9-15-16(12-19)17(20-18(15)11-14)10-7-13-5-3-2-4-6-13;1-3-19-11-6-8(13(14,15)16)4-5-9(11)10(7-17)12(19)18-2/h4-5,7-10,12,14H,3H2,1-2H3,(H,23,25);3-5,7-8,10-11,21H,1-2H3;4-10,20H,3H2,1-2H3;2-6,8-9,11,20H,1H3;4-6,18H,3H2,1-2H3. The molecule has 0 bridgehead atoms. The number of carbonyl (C=O) groups excluding carboxylic acids is 1. The number of carbonyl (C=O) groups is 1. The van der Waals surface area contributed by atoms with Crippen LogP contribution < -0.4 is 39.6 Å². The Balaban J connectivity index is 0.000000151. The number of nitro groups is 1. The van der Waals surface area contributed by atoms with E-state index in [1.165, 1.54) is 18.2 Å². The molecule has 14 aromatic rings. The van der Waals surface area contributed by atoms with Crippen LogP contribution in [0.15, 0.2) is 194 Å². The fraction of sp³-hybridized carbons (Fsp3) is 0.146. The second-order valence-corrected chi connectivity index (χ2v) is 24.4. The number of hydrogen-bond donors (Lipinski definition) is 5. The number of rotatable bonds is 14. The number of nitro benzene ring substituents is 1. The van der Waals surface area contributed by atoms with E-state index in [-0.39, 0.29) is 5.69 Å². The van der Waals surface area contributed by atoms with Gasteiger partial charge < -0.3 is 63.3 Å². The fourth-order valence-electron chi connectivity index (χ4n) is 12.5. The van der Waals surface area contributed by atoms with Gasteiger partial charge in [-0.1, -0.05) is 48.1 Å². The average Bonchev–Trinajstić information content (AvgIpc) is 1.63. The van der Waals surface area contributed by atoms with Crippen molar-refractivity contribution in [2.45, 2.75) is 46.6 Å². The van der Waals surface area contributed by atoms with Crippen LogP contribution in [-0.2, 0) is 30.6 Å². The number of methoxy groups -OCH3 is 5. The average molecular weight is 1520 g/mol. The fourth-order valence-corrected chi connectivity index (χ4v) is 12.5. The molecule has 0 unspecified atom stereocenters. The van der Waals surface area contributed by atoms with Crippen molar-refractivity contribution in [2.24, 2.45) is 0 Å². The van der Waals surface area contributed by atoms with E-state index in [0.717, 1.165) is 96.0 Å². The van der Waals surface area contributed by atoms with Gasteiger partial charge in [-0.15, -0.1) is 0 Å². The summed E-state index contributed by atoms with van der Waals surface area (Å²) in [6, 6.07) is 67.4. The first-order valence-electron chi connectivity index (χ1n) is 35.1. The molecule has 22 nitrogen and oxygen atoms in total. The SMILES string of the molecule is CCn1c(C#Cc2ccc(NC=O)cc2)c(C#N)c2ccc(OC)cc21.CCn1c(NC)c(C#N)c2ccc(C(F)(F)F)cc21.CCn1c(Nc2ccc(OC)cc2)c(C#N)c2ccc([N+](=O)[O-])cc21.COc1ccc2c(C#N)c(C#Cc3ccccc3)[nH]c2c1.COc1cccc(C#Cc2[nH]c3cc(OC)ccc3c2C#N)c1. The predicted molar refractivity (Wildman–Crippen MR) is 434 cm³/mol. The molecule has 0 atom stereocenters. The van der Waals surface area contributed by atoms with Gasteiger partial charge in [0, 0.05) is 112 Å². The summed E-state index contributed by atoms with van der Waals surface area (Å²) in [5.74, 6) is 23.3. The number of amides is 1. The van der Waals surface area contributed by atoms with Gasteiger partial charge in [0.25, 0.3) is 5.69 Å². The molecule has 0 saturated carbocycles. The summed E-state index contributed by atoms with van der Waals surface area (Å²) in [5, 5.41) is 70.7. The maximum Gasteiger partial charge on any atom is 0.416 e. The molecule has 0 saturated heterocycles. The Morgan fingerprint density at radius 1 is 0.447 bits per heavy atom. The van der Waals surface area contributed by atoms with Crippen LogP contribution in [0, 0.1) is 102 Å². The van der Waals surface area contributed by atoms with Gasteiger partial charge in [-0.3, -0.25) is 14.9 Å². The normalized spacial score (nSPS) is 10.2. The Bertz CT molecular complexity index is 6360. The molecule has 5 aromatic heterocycles. The molecular formula is C89H71F3N14O8. The van der Waals surface area contributed by atoms with Crippen LogP contribution in [0.4, 0.5) is 41.9 Å². The lowest BCUT2D eigenvalue weighted by molar-refractivity contribution is -0.384. The number of ether oxygens (including phenoxy) is 5. The third kappa shape index (κ3) is 18.1. The van der Waals surface area contributed by atoms with Crippen molar-refractivity contribution in [1.29, 1.82) is 26.3 Å². The van der Waals surface area contributed by atoms with Gasteiger partial charge in [0.2, 0.25) is 6.41 Å². The Labute approximate surface area is 654 Å². The van der Waals surface area contributed by atoms with Crippen LogP contribution in [0.25, 0.3) is 54.5 Å². The minimum atomic E-state index is -4.39. The van der Waals surface area contributed by atoms with E-state index in [4.69, 9.17) is 28.9 Å². The van der Waals surface area contributed by atoms with Crippen molar-refractivity contribution in [3.05, 3.63) is 271 Å². The summed E-state index contributed by atoms with van der Waals surface area (Å²) in [5.41, 5.74) is 11.4. The summed E-state index contributed by atoms with van der Waals surface area (Å²) < 4.78 is 69.8. The van der Waals surface area contributed by atoms with Crippen LogP contribution in [-0.4, -0.2) is 77.6 Å². The highest BCUT2D eigenvalue weighted by molar-refractivity contribution is 5.96. The van der Waals surface area contributed by atoms with Crippen molar-refractivity contribution in [3.63, 3.8) is 0 Å². The van der Waals surface area contributed by atoms with Crippen molar-refractivity contribution in [1.82, 2.24) is 23.7 Å². The van der Waals surface area contributed by atoms with Crippen LogP contribution in [0.3, 0.4) is 0 Å². The maximum atomic E-state index is 12.7. The Hall–Kier alpha value is -15.9. The van der Waals surface area contributed by atoms with Gasteiger partial charge in [-0.05, 0) is 172 Å².